The second-order valence-corrected chi connectivity index (χ2v) is 17.3. The molecular weight excluding hydrogens is 816 g/mol. The van der Waals surface area contributed by atoms with Crippen LogP contribution in [0, 0.1) is 36.0 Å². The molecule has 3 fully saturated rings. The first-order valence-corrected chi connectivity index (χ1v) is 19.9. The third kappa shape index (κ3) is 5.38. The Labute approximate surface area is 343 Å². The minimum absolute atomic E-state index is 0.00863. The van der Waals surface area contributed by atoms with Crippen LogP contribution in [0.5, 0.6) is 5.75 Å². The van der Waals surface area contributed by atoms with Gasteiger partial charge in [-0.05, 0) is 80.0 Å². The van der Waals surface area contributed by atoms with E-state index < -0.39 is 76.3 Å². The van der Waals surface area contributed by atoms with E-state index in [2.05, 4.69) is 4.98 Å². The molecule has 1 saturated carbocycles. The first kappa shape index (κ1) is 38.3. The SMILES string of the molecule is Cc1c(-c2cc(N3C(=O)C4CC5C(=CCC6C(=O)N(N(C)c7nc(C(F)(F)F)ccc7Cl)C(=O)C65)C(c5ccccc5O)C4(C)C3=O)n(C)n2)sc2ccc(Cl)cc12. The number of carbonyl (C=O) groups is 4. The molecule has 6 atom stereocenters. The quantitative estimate of drug-likeness (QED) is 0.138. The number of phenols is 1. The summed E-state index contributed by atoms with van der Waals surface area (Å²) >= 11 is 14.1. The number of hydrazine groups is 1. The summed E-state index contributed by atoms with van der Waals surface area (Å²) in [5, 5.41) is 19.1. The van der Waals surface area contributed by atoms with Gasteiger partial charge in [-0.3, -0.25) is 28.9 Å². The van der Waals surface area contributed by atoms with Crippen LogP contribution in [0.15, 0.2) is 72.3 Å². The minimum atomic E-state index is -4.82. The number of benzene rings is 2. The number of alkyl halides is 3. The average Bonchev–Trinajstić information content (AvgIpc) is 3.84. The number of aryl methyl sites for hydroxylation is 2. The molecule has 58 heavy (non-hydrogen) atoms. The van der Waals surface area contributed by atoms with Crippen LogP contribution in [-0.4, -0.2) is 55.6 Å². The number of anilines is 2. The summed E-state index contributed by atoms with van der Waals surface area (Å²) in [5.41, 5.74) is -0.205. The van der Waals surface area contributed by atoms with Crippen molar-refractivity contribution < 1.29 is 37.5 Å². The van der Waals surface area contributed by atoms with Crippen molar-refractivity contribution in [2.45, 2.75) is 38.8 Å². The number of imide groups is 2. The molecule has 0 spiro atoms. The van der Waals surface area contributed by atoms with Crippen LogP contribution in [0.2, 0.25) is 10.0 Å². The number of pyridine rings is 1. The van der Waals surface area contributed by atoms with E-state index in [1.54, 1.807) is 38.2 Å². The van der Waals surface area contributed by atoms with Gasteiger partial charge in [0, 0.05) is 41.4 Å². The zero-order chi connectivity index (χ0) is 41.3. The van der Waals surface area contributed by atoms with E-state index in [0.29, 0.717) is 27.9 Å². The number of allylic oxidation sites excluding steroid dienone is 2. The van der Waals surface area contributed by atoms with Crippen molar-refractivity contribution in [2.75, 3.05) is 17.0 Å². The van der Waals surface area contributed by atoms with Crippen molar-refractivity contribution in [1.29, 1.82) is 0 Å². The molecule has 2 aliphatic heterocycles. The standard InChI is InChI=1S/C41H33Cl2F3N6O5S/c1-18-23-15-19(42)9-13-29(23)58-34(18)27-17-31(49(3)48-27)51-37(55)25-16-24-20(33(40(25,2)39(51)57)21-7-5-6-8-28(21)53)10-11-22-32(24)38(56)52(36(22)54)50(4)35-26(43)12-14-30(47-35)41(44,45)46/h5-10,12-15,17,22,24-25,32-33,53H,11,16H2,1-4H3. The normalized spacial score (nSPS) is 25.7. The smallest absolute Gasteiger partial charge is 0.433 e. The number of nitrogens with zero attached hydrogens (tertiary/aromatic N) is 6. The number of thiophene rings is 1. The summed E-state index contributed by atoms with van der Waals surface area (Å²) in [6.45, 7) is 3.66. The number of para-hydroxylation sites is 1. The lowest BCUT2D eigenvalue weighted by atomic mass is 9.51. The van der Waals surface area contributed by atoms with Crippen molar-refractivity contribution in [1.82, 2.24) is 19.8 Å². The van der Waals surface area contributed by atoms with E-state index in [1.807, 2.05) is 31.2 Å². The molecule has 2 saturated heterocycles. The second-order valence-electron chi connectivity index (χ2n) is 15.4. The van der Waals surface area contributed by atoms with E-state index in [4.69, 9.17) is 28.3 Å². The number of fused-ring (bicyclic) bond motifs is 5. The van der Waals surface area contributed by atoms with Crippen molar-refractivity contribution in [2.24, 2.45) is 36.1 Å². The van der Waals surface area contributed by atoms with Gasteiger partial charge in [-0.15, -0.1) is 11.3 Å². The maximum absolute atomic E-state index is 15.1. The molecule has 0 radical (unpaired) electrons. The highest BCUT2D eigenvalue weighted by atomic mass is 35.5. The number of carbonyl (C=O) groups excluding carboxylic acids is 4. The first-order valence-electron chi connectivity index (χ1n) is 18.4. The van der Waals surface area contributed by atoms with Gasteiger partial charge in [0.2, 0.25) is 11.8 Å². The summed E-state index contributed by atoms with van der Waals surface area (Å²) < 4.78 is 43.5. The van der Waals surface area contributed by atoms with Gasteiger partial charge in [-0.1, -0.05) is 53.1 Å². The lowest BCUT2D eigenvalue weighted by Crippen LogP contribution is -2.49. The molecule has 9 rings (SSSR count). The highest BCUT2D eigenvalue weighted by molar-refractivity contribution is 7.22. The highest BCUT2D eigenvalue weighted by Crippen LogP contribution is 2.64. The van der Waals surface area contributed by atoms with E-state index in [1.165, 1.54) is 29.1 Å². The predicted octanol–water partition coefficient (Wildman–Crippen LogP) is 8.32. The van der Waals surface area contributed by atoms with Crippen molar-refractivity contribution >= 4 is 79.9 Å². The Morgan fingerprint density at radius 3 is 2.45 bits per heavy atom. The van der Waals surface area contributed by atoms with Crippen LogP contribution in [0.25, 0.3) is 20.7 Å². The van der Waals surface area contributed by atoms with Crippen LogP contribution in [0.4, 0.5) is 24.8 Å². The fraction of sp³-hybridized carbons (Fsp3) is 0.317. The molecule has 3 aromatic heterocycles. The van der Waals surface area contributed by atoms with Gasteiger partial charge in [-0.2, -0.15) is 23.3 Å². The number of hydrogen-bond donors (Lipinski definition) is 1. The van der Waals surface area contributed by atoms with Gasteiger partial charge >= 0.3 is 6.18 Å². The van der Waals surface area contributed by atoms with E-state index in [9.17, 15) is 32.7 Å². The number of amides is 4. The molecule has 5 aromatic rings. The minimum Gasteiger partial charge on any atom is -0.508 e. The number of aromatic nitrogens is 3. The van der Waals surface area contributed by atoms with Gasteiger partial charge < -0.3 is 5.11 Å². The molecule has 1 N–H and O–H groups in total. The molecule has 2 aromatic carbocycles. The Morgan fingerprint density at radius 2 is 1.72 bits per heavy atom. The number of halogens is 5. The molecule has 298 valence electrons. The Morgan fingerprint density at radius 1 is 0.983 bits per heavy atom. The number of phenolic OH excluding ortho intramolecular Hbond substituents is 1. The summed E-state index contributed by atoms with van der Waals surface area (Å²) in [4.78, 5) is 64.2. The molecule has 0 bridgehead atoms. The predicted molar refractivity (Wildman–Crippen MR) is 211 cm³/mol. The molecule has 5 heterocycles. The average molecular weight is 850 g/mol. The monoisotopic (exact) mass is 848 g/mol. The van der Waals surface area contributed by atoms with Gasteiger partial charge in [-0.25, -0.2) is 9.88 Å². The fourth-order valence-electron chi connectivity index (χ4n) is 9.71. The Hall–Kier alpha value is -5.25. The molecule has 6 unspecified atom stereocenters. The van der Waals surface area contributed by atoms with Gasteiger partial charge in [0.25, 0.3) is 11.8 Å². The Kier molecular flexibility index (Phi) is 8.67. The van der Waals surface area contributed by atoms with Gasteiger partial charge in [0.15, 0.2) is 5.82 Å². The Balaban J connectivity index is 1.12. The van der Waals surface area contributed by atoms with E-state index >= 15 is 4.79 Å². The fourth-order valence-corrected chi connectivity index (χ4v) is 11.3. The second kappa shape index (κ2) is 13.1. The van der Waals surface area contributed by atoms with E-state index in [-0.39, 0.29) is 29.4 Å². The molecular formula is C41H33Cl2F3N6O5S. The van der Waals surface area contributed by atoms with Crippen LogP contribution < -0.4 is 9.91 Å². The number of aromatic hydroxyl groups is 1. The third-order valence-corrected chi connectivity index (χ3v) is 14.3. The highest BCUT2D eigenvalue weighted by Gasteiger charge is 2.68. The van der Waals surface area contributed by atoms with Crippen LogP contribution in [0.3, 0.4) is 0 Å². The lowest BCUT2D eigenvalue weighted by Gasteiger charge is -2.49. The number of hydrogen-bond acceptors (Lipinski definition) is 9. The van der Waals surface area contributed by atoms with Crippen LogP contribution in [0.1, 0.15) is 42.5 Å². The zero-order valence-corrected chi connectivity index (χ0v) is 33.5. The van der Waals surface area contributed by atoms with Crippen LogP contribution >= 0.6 is 34.5 Å². The summed E-state index contributed by atoms with van der Waals surface area (Å²) in [6, 6.07) is 15.5. The maximum Gasteiger partial charge on any atom is 0.433 e. The van der Waals surface area contributed by atoms with Crippen molar-refractivity contribution in [3.8, 4) is 16.3 Å². The Bertz CT molecular complexity index is 2680. The summed E-state index contributed by atoms with van der Waals surface area (Å²) in [5.74, 6) is -7.32. The molecule has 4 aliphatic rings. The molecule has 11 nitrogen and oxygen atoms in total. The maximum atomic E-state index is 15.1. The number of rotatable bonds is 5. The molecule has 17 heteroatoms. The topological polar surface area (TPSA) is 129 Å². The molecule has 4 amide bonds. The first-order chi connectivity index (χ1) is 27.4. The summed E-state index contributed by atoms with van der Waals surface area (Å²) in [7, 11) is 2.89. The van der Waals surface area contributed by atoms with Gasteiger partial charge in [0.1, 0.15) is 23.0 Å². The molecule has 2 aliphatic carbocycles. The zero-order valence-electron chi connectivity index (χ0n) is 31.2. The summed E-state index contributed by atoms with van der Waals surface area (Å²) in [6.07, 6.45) is -2.93. The third-order valence-electron chi connectivity index (χ3n) is 12.4. The van der Waals surface area contributed by atoms with Gasteiger partial charge in [0.05, 0.1) is 33.1 Å². The largest absolute Gasteiger partial charge is 0.508 e. The van der Waals surface area contributed by atoms with Crippen molar-refractivity contribution in [3.63, 3.8) is 0 Å². The lowest BCUT2D eigenvalue weighted by molar-refractivity contribution is -0.141. The van der Waals surface area contributed by atoms with E-state index in [0.717, 1.165) is 41.5 Å². The van der Waals surface area contributed by atoms with Crippen molar-refractivity contribution in [3.05, 3.63) is 99.2 Å². The van der Waals surface area contributed by atoms with Crippen LogP contribution in [-0.2, 0) is 32.4 Å².